The van der Waals surface area contributed by atoms with Crippen LogP contribution in [0.4, 0.5) is 0 Å². The largest absolute Gasteiger partial charge is 0.381 e. The van der Waals surface area contributed by atoms with E-state index in [4.69, 9.17) is 4.74 Å². The first kappa shape index (κ1) is 14.9. The number of ether oxygens (including phenoxy) is 1. The second-order valence-electron chi connectivity index (χ2n) is 5.40. The number of nitrogens with one attached hydrogen (secondary N) is 1. The molecule has 1 atom stereocenters. The topological polar surface area (TPSA) is 54.5 Å². The van der Waals surface area contributed by atoms with Gasteiger partial charge in [0.2, 0.25) is 5.91 Å². The first-order valence-corrected chi connectivity index (χ1v) is 7.16. The number of amides is 1. The molecule has 5 nitrogen and oxygen atoms in total. The lowest BCUT2D eigenvalue weighted by atomic mass is 10.1. The van der Waals surface area contributed by atoms with Gasteiger partial charge in [0.25, 0.3) is 0 Å². The molecule has 110 valence electrons. The van der Waals surface area contributed by atoms with Gasteiger partial charge in [-0.3, -0.25) is 14.7 Å². The lowest BCUT2D eigenvalue weighted by Crippen LogP contribution is -2.35. The van der Waals surface area contributed by atoms with E-state index in [1.807, 2.05) is 30.3 Å². The summed E-state index contributed by atoms with van der Waals surface area (Å²) in [6.45, 7) is 3.60. The average Bonchev–Trinajstić information content (AvgIpc) is 2.93. The minimum atomic E-state index is 0.0790. The Morgan fingerprint density at radius 1 is 1.60 bits per heavy atom. The van der Waals surface area contributed by atoms with Crippen LogP contribution in [0.1, 0.15) is 18.4 Å². The molecule has 2 rings (SSSR count). The molecule has 0 aliphatic carbocycles. The van der Waals surface area contributed by atoms with Crippen molar-refractivity contribution >= 4 is 5.91 Å². The highest BCUT2D eigenvalue weighted by Crippen LogP contribution is 2.15. The number of rotatable bonds is 7. The van der Waals surface area contributed by atoms with Crippen molar-refractivity contribution in [2.75, 3.05) is 33.4 Å². The van der Waals surface area contributed by atoms with Gasteiger partial charge in [-0.15, -0.1) is 0 Å². The molecule has 1 aliphatic heterocycles. The molecule has 0 unspecified atom stereocenters. The maximum Gasteiger partial charge on any atom is 0.234 e. The van der Waals surface area contributed by atoms with Crippen LogP contribution in [0.3, 0.4) is 0 Å². The number of aromatic nitrogens is 1. The summed E-state index contributed by atoms with van der Waals surface area (Å²) in [5, 5.41) is 2.97. The fourth-order valence-electron chi connectivity index (χ4n) is 2.39. The van der Waals surface area contributed by atoms with Crippen molar-refractivity contribution in [1.29, 1.82) is 0 Å². The Labute approximate surface area is 120 Å². The standard InChI is InChI=1S/C15H23N3O2/c1-18(10-14-3-2-6-16-9-14)11-15(19)17-7-4-13-5-8-20-12-13/h2-3,6,9,13H,4-5,7-8,10-12H2,1H3,(H,17,19)/t13-/m1/s1. The lowest BCUT2D eigenvalue weighted by Gasteiger charge is -2.16. The van der Waals surface area contributed by atoms with Crippen molar-refractivity contribution in [3.8, 4) is 0 Å². The van der Waals surface area contributed by atoms with Gasteiger partial charge in [-0.05, 0) is 37.4 Å². The molecule has 1 aromatic heterocycles. The Morgan fingerprint density at radius 3 is 3.20 bits per heavy atom. The average molecular weight is 277 g/mol. The summed E-state index contributed by atoms with van der Waals surface area (Å²) in [5.74, 6) is 0.693. The number of hydrogen-bond donors (Lipinski definition) is 1. The Bertz CT molecular complexity index is 405. The van der Waals surface area contributed by atoms with E-state index in [-0.39, 0.29) is 5.91 Å². The number of carbonyl (C=O) groups excluding carboxylic acids is 1. The number of likely N-dealkylation sites (N-methyl/N-ethyl adjacent to an activating group) is 1. The highest BCUT2D eigenvalue weighted by atomic mass is 16.5. The predicted molar refractivity (Wildman–Crippen MR) is 77.1 cm³/mol. The third-order valence-corrected chi connectivity index (χ3v) is 3.49. The summed E-state index contributed by atoms with van der Waals surface area (Å²) in [5.41, 5.74) is 1.12. The van der Waals surface area contributed by atoms with E-state index in [0.717, 1.165) is 44.7 Å². The maximum atomic E-state index is 11.8. The molecule has 0 spiro atoms. The minimum absolute atomic E-state index is 0.0790. The number of pyridine rings is 1. The first-order valence-electron chi connectivity index (χ1n) is 7.16. The van der Waals surface area contributed by atoms with Gasteiger partial charge in [0.05, 0.1) is 6.54 Å². The van der Waals surface area contributed by atoms with E-state index in [2.05, 4.69) is 10.3 Å². The van der Waals surface area contributed by atoms with Crippen molar-refractivity contribution < 1.29 is 9.53 Å². The van der Waals surface area contributed by atoms with Gasteiger partial charge in [0.1, 0.15) is 0 Å². The minimum Gasteiger partial charge on any atom is -0.381 e. The second-order valence-corrected chi connectivity index (χ2v) is 5.40. The van der Waals surface area contributed by atoms with Crippen LogP contribution in [-0.2, 0) is 16.1 Å². The number of nitrogens with zero attached hydrogens (tertiary/aromatic N) is 2. The quantitative estimate of drug-likeness (QED) is 0.809. The van der Waals surface area contributed by atoms with E-state index >= 15 is 0 Å². The maximum absolute atomic E-state index is 11.8. The summed E-state index contributed by atoms with van der Waals surface area (Å²) < 4.78 is 5.32. The molecular weight excluding hydrogens is 254 g/mol. The van der Waals surface area contributed by atoms with Crippen LogP contribution in [-0.4, -0.2) is 49.1 Å². The van der Waals surface area contributed by atoms with Crippen molar-refractivity contribution in [3.05, 3.63) is 30.1 Å². The van der Waals surface area contributed by atoms with Gasteiger partial charge < -0.3 is 10.1 Å². The van der Waals surface area contributed by atoms with Crippen LogP contribution < -0.4 is 5.32 Å². The van der Waals surface area contributed by atoms with E-state index in [1.165, 1.54) is 0 Å². The van der Waals surface area contributed by atoms with Crippen molar-refractivity contribution in [2.24, 2.45) is 5.92 Å². The third kappa shape index (κ3) is 5.27. The highest BCUT2D eigenvalue weighted by Gasteiger charge is 2.15. The number of carbonyl (C=O) groups is 1. The molecule has 5 heteroatoms. The van der Waals surface area contributed by atoms with Crippen LogP contribution in [0, 0.1) is 5.92 Å². The van der Waals surface area contributed by atoms with E-state index in [9.17, 15) is 4.79 Å². The van der Waals surface area contributed by atoms with Gasteiger partial charge in [-0.25, -0.2) is 0 Å². The van der Waals surface area contributed by atoms with Crippen LogP contribution in [0.15, 0.2) is 24.5 Å². The smallest absolute Gasteiger partial charge is 0.234 e. The molecule has 0 saturated carbocycles. The molecule has 1 aromatic rings. The zero-order chi connectivity index (χ0) is 14.2. The van der Waals surface area contributed by atoms with Gasteiger partial charge >= 0.3 is 0 Å². The monoisotopic (exact) mass is 277 g/mol. The van der Waals surface area contributed by atoms with E-state index < -0.39 is 0 Å². The normalized spacial score (nSPS) is 18.4. The van der Waals surface area contributed by atoms with Crippen molar-refractivity contribution in [2.45, 2.75) is 19.4 Å². The van der Waals surface area contributed by atoms with Gasteiger partial charge in [0, 0.05) is 38.7 Å². The number of hydrogen-bond acceptors (Lipinski definition) is 4. The zero-order valence-corrected chi connectivity index (χ0v) is 12.0. The Balaban J connectivity index is 1.61. The first-order chi connectivity index (χ1) is 9.74. The Hall–Kier alpha value is -1.46. The predicted octanol–water partition coefficient (Wildman–Crippen LogP) is 1.06. The molecule has 1 aliphatic rings. The second kappa shape index (κ2) is 7.97. The molecule has 1 amide bonds. The SMILES string of the molecule is CN(CC(=O)NCC[C@@H]1CCOC1)Cc1cccnc1. The molecular formula is C15H23N3O2. The van der Waals surface area contributed by atoms with Gasteiger partial charge in [-0.2, -0.15) is 0 Å². The fraction of sp³-hybridized carbons (Fsp3) is 0.600. The van der Waals surface area contributed by atoms with Gasteiger partial charge in [-0.1, -0.05) is 6.07 Å². The summed E-state index contributed by atoms with van der Waals surface area (Å²) in [7, 11) is 1.94. The van der Waals surface area contributed by atoms with Crippen LogP contribution in [0.2, 0.25) is 0 Å². The summed E-state index contributed by atoms with van der Waals surface area (Å²) >= 11 is 0. The van der Waals surface area contributed by atoms with E-state index in [1.54, 1.807) is 6.20 Å². The van der Waals surface area contributed by atoms with Crippen LogP contribution in [0.5, 0.6) is 0 Å². The van der Waals surface area contributed by atoms with Crippen LogP contribution >= 0.6 is 0 Å². The molecule has 1 N–H and O–H groups in total. The molecule has 1 fully saturated rings. The van der Waals surface area contributed by atoms with E-state index in [0.29, 0.717) is 12.5 Å². The molecule has 20 heavy (non-hydrogen) atoms. The van der Waals surface area contributed by atoms with Crippen LogP contribution in [0.25, 0.3) is 0 Å². The third-order valence-electron chi connectivity index (χ3n) is 3.49. The molecule has 2 heterocycles. The lowest BCUT2D eigenvalue weighted by molar-refractivity contribution is -0.122. The molecule has 0 aromatic carbocycles. The zero-order valence-electron chi connectivity index (χ0n) is 12.0. The molecule has 1 saturated heterocycles. The van der Waals surface area contributed by atoms with Crippen molar-refractivity contribution in [3.63, 3.8) is 0 Å². The summed E-state index contributed by atoms with van der Waals surface area (Å²) in [6, 6.07) is 3.93. The van der Waals surface area contributed by atoms with Gasteiger partial charge in [0.15, 0.2) is 0 Å². The molecule has 0 radical (unpaired) electrons. The summed E-state index contributed by atoms with van der Waals surface area (Å²) in [4.78, 5) is 17.9. The fourth-order valence-corrected chi connectivity index (χ4v) is 2.39. The summed E-state index contributed by atoms with van der Waals surface area (Å²) in [6.07, 6.45) is 5.71. The molecule has 0 bridgehead atoms. The highest BCUT2D eigenvalue weighted by molar-refractivity contribution is 5.77. The Morgan fingerprint density at radius 2 is 2.50 bits per heavy atom. The Kier molecular flexibility index (Phi) is 5.95. The van der Waals surface area contributed by atoms with Crippen molar-refractivity contribution in [1.82, 2.24) is 15.2 Å².